The van der Waals surface area contributed by atoms with E-state index >= 15 is 0 Å². The highest BCUT2D eigenvalue weighted by molar-refractivity contribution is 5.86. The number of nitrogens with one attached hydrogen (secondary N) is 1. The predicted octanol–water partition coefficient (Wildman–Crippen LogP) is 3.68. The number of hydrogen-bond donors (Lipinski definition) is 2. The molecule has 0 radical (unpaired) electrons. The van der Waals surface area contributed by atoms with Crippen LogP contribution in [0.25, 0.3) is 10.9 Å². The molecular formula is C18H21F3N2O2. The number of aromatic amines is 1. The van der Waals surface area contributed by atoms with Crippen molar-refractivity contribution in [3.05, 3.63) is 40.2 Å². The lowest BCUT2D eigenvalue weighted by atomic mass is 10.0. The number of H-pyrrole nitrogens is 1. The number of pyridine rings is 1. The molecule has 0 aliphatic carbocycles. The highest BCUT2D eigenvalue weighted by Gasteiger charge is 2.36. The van der Waals surface area contributed by atoms with Crippen LogP contribution in [-0.4, -0.2) is 28.3 Å². The van der Waals surface area contributed by atoms with Gasteiger partial charge < -0.3 is 15.0 Å². The normalized spacial score (nSPS) is 22.6. The maximum absolute atomic E-state index is 13.3. The Kier molecular flexibility index (Phi) is 4.53. The summed E-state index contributed by atoms with van der Waals surface area (Å²) in [6.07, 6.45) is -2.88. The molecule has 0 amide bonds. The Morgan fingerprint density at radius 3 is 2.68 bits per heavy atom. The lowest BCUT2D eigenvalue weighted by molar-refractivity contribution is -0.136. The van der Waals surface area contributed by atoms with Gasteiger partial charge in [0, 0.05) is 28.7 Å². The molecule has 0 saturated carbocycles. The molecule has 3 atom stereocenters. The van der Waals surface area contributed by atoms with Gasteiger partial charge in [0.05, 0.1) is 17.7 Å². The van der Waals surface area contributed by atoms with E-state index in [2.05, 4.69) is 4.98 Å². The van der Waals surface area contributed by atoms with Crippen LogP contribution in [0.15, 0.2) is 29.1 Å². The molecule has 136 valence electrons. The standard InChI is InChI=1S/C18H21F3N2O2/c1-3-16(24)15-7-4-10(2)23(15)11-5-6-14-12(8-11)13(18(19,20)21)9-17(25)22-14/h5-6,8-10,15-16,24H,3-4,7H2,1-2H3,(H,22,25)/t10-,15-,16-/m1/s1. The number of benzene rings is 1. The smallest absolute Gasteiger partial charge is 0.391 e. The highest BCUT2D eigenvalue weighted by Crippen LogP contribution is 2.38. The number of aliphatic hydroxyl groups is 1. The van der Waals surface area contributed by atoms with Crippen LogP contribution in [0.1, 0.15) is 38.7 Å². The zero-order chi connectivity index (χ0) is 18.4. The number of anilines is 1. The number of aromatic nitrogens is 1. The van der Waals surface area contributed by atoms with Crippen molar-refractivity contribution in [1.82, 2.24) is 4.98 Å². The summed E-state index contributed by atoms with van der Waals surface area (Å²) < 4.78 is 40.0. The lowest BCUT2D eigenvalue weighted by Gasteiger charge is -2.33. The molecule has 1 aromatic carbocycles. The Labute approximate surface area is 143 Å². The second kappa shape index (κ2) is 6.37. The van der Waals surface area contributed by atoms with Crippen LogP contribution in [-0.2, 0) is 6.18 Å². The number of hydrogen-bond acceptors (Lipinski definition) is 3. The van der Waals surface area contributed by atoms with Gasteiger partial charge >= 0.3 is 6.18 Å². The minimum absolute atomic E-state index is 0.0339. The van der Waals surface area contributed by atoms with Crippen molar-refractivity contribution >= 4 is 16.6 Å². The second-order valence-electron chi connectivity index (χ2n) is 6.65. The summed E-state index contributed by atoms with van der Waals surface area (Å²) in [6, 6.07) is 5.27. The molecule has 1 aliphatic heterocycles. The number of alkyl halides is 3. The van der Waals surface area contributed by atoms with E-state index in [0.717, 1.165) is 12.8 Å². The van der Waals surface area contributed by atoms with Gasteiger partial charge in [0.1, 0.15) is 0 Å². The SMILES string of the molecule is CC[C@@H](O)[C@H]1CC[C@@H](C)N1c1ccc2[nH]c(=O)cc(C(F)(F)F)c2c1. The van der Waals surface area contributed by atoms with Crippen molar-refractivity contribution in [3.63, 3.8) is 0 Å². The fourth-order valence-electron chi connectivity index (χ4n) is 3.75. The number of aliphatic hydroxyl groups excluding tert-OH is 1. The van der Waals surface area contributed by atoms with Crippen LogP contribution >= 0.6 is 0 Å². The van der Waals surface area contributed by atoms with Gasteiger partial charge in [0.15, 0.2) is 0 Å². The molecule has 3 rings (SSSR count). The first-order chi connectivity index (χ1) is 11.7. The zero-order valence-corrected chi connectivity index (χ0v) is 14.1. The van der Waals surface area contributed by atoms with E-state index in [9.17, 15) is 23.1 Å². The maximum Gasteiger partial charge on any atom is 0.417 e. The summed E-state index contributed by atoms with van der Waals surface area (Å²) in [5, 5.41) is 10.2. The summed E-state index contributed by atoms with van der Waals surface area (Å²) in [4.78, 5) is 16.0. The van der Waals surface area contributed by atoms with E-state index < -0.39 is 23.4 Å². The molecule has 2 heterocycles. The Hall–Kier alpha value is -2.02. The molecule has 7 heteroatoms. The Balaban J connectivity index is 2.15. The first-order valence-electron chi connectivity index (χ1n) is 8.43. The van der Waals surface area contributed by atoms with E-state index in [1.165, 1.54) is 12.1 Å². The number of fused-ring (bicyclic) bond motifs is 1. The minimum atomic E-state index is -4.61. The molecule has 4 nitrogen and oxygen atoms in total. The summed E-state index contributed by atoms with van der Waals surface area (Å²) in [7, 11) is 0. The molecular weight excluding hydrogens is 333 g/mol. The van der Waals surface area contributed by atoms with Gasteiger partial charge in [-0.05, 0) is 44.4 Å². The summed E-state index contributed by atoms with van der Waals surface area (Å²) in [5.74, 6) is 0. The van der Waals surface area contributed by atoms with Crippen LogP contribution < -0.4 is 10.5 Å². The van der Waals surface area contributed by atoms with Crippen molar-refractivity contribution in [2.45, 2.75) is 57.5 Å². The van der Waals surface area contributed by atoms with Crippen LogP contribution in [0.3, 0.4) is 0 Å². The largest absolute Gasteiger partial charge is 0.417 e. The Morgan fingerprint density at radius 1 is 1.32 bits per heavy atom. The highest BCUT2D eigenvalue weighted by atomic mass is 19.4. The maximum atomic E-state index is 13.3. The first kappa shape index (κ1) is 17.8. The van der Waals surface area contributed by atoms with Crippen molar-refractivity contribution in [2.24, 2.45) is 0 Å². The Bertz CT molecular complexity index is 831. The Morgan fingerprint density at radius 2 is 2.04 bits per heavy atom. The first-order valence-corrected chi connectivity index (χ1v) is 8.43. The zero-order valence-electron chi connectivity index (χ0n) is 14.1. The average Bonchev–Trinajstić information content (AvgIpc) is 2.93. The van der Waals surface area contributed by atoms with Crippen LogP contribution in [0, 0.1) is 0 Å². The van der Waals surface area contributed by atoms with Gasteiger partial charge in [-0.2, -0.15) is 13.2 Å². The van der Waals surface area contributed by atoms with Crippen molar-refractivity contribution in [1.29, 1.82) is 0 Å². The third-order valence-electron chi connectivity index (χ3n) is 5.00. The molecule has 1 fully saturated rings. The van der Waals surface area contributed by atoms with Gasteiger partial charge in [0.25, 0.3) is 0 Å². The van der Waals surface area contributed by atoms with Gasteiger partial charge in [-0.25, -0.2) is 0 Å². The summed E-state index contributed by atoms with van der Waals surface area (Å²) in [6.45, 7) is 3.89. The third-order valence-corrected chi connectivity index (χ3v) is 5.00. The third kappa shape index (κ3) is 3.25. The number of nitrogens with zero attached hydrogens (tertiary/aromatic N) is 1. The van der Waals surface area contributed by atoms with E-state index in [1.54, 1.807) is 6.07 Å². The fraction of sp³-hybridized carbons (Fsp3) is 0.500. The molecule has 2 N–H and O–H groups in total. The van der Waals surface area contributed by atoms with Crippen LogP contribution in [0.4, 0.5) is 18.9 Å². The fourth-order valence-corrected chi connectivity index (χ4v) is 3.75. The molecule has 25 heavy (non-hydrogen) atoms. The van der Waals surface area contributed by atoms with Gasteiger partial charge in [0.2, 0.25) is 5.56 Å². The topological polar surface area (TPSA) is 56.3 Å². The van der Waals surface area contributed by atoms with Crippen molar-refractivity contribution < 1.29 is 18.3 Å². The van der Waals surface area contributed by atoms with Crippen molar-refractivity contribution in [3.8, 4) is 0 Å². The average molecular weight is 354 g/mol. The van der Waals surface area contributed by atoms with Crippen molar-refractivity contribution in [2.75, 3.05) is 4.90 Å². The molecule has 2 aromatic rings. The van der Waals surface area contributed by atoms with Gasteiger partial charge in [-0.3, -0.25) is 4.79 Å². The monoisotopic (exact) mass is 354 g/mol. The predicted molar refractivity (Wildman–Crippen MR) is 90.8 cm³/mol. The van der Waals surface area contributed by atoms with E-state index in [4.69, 9.17) is 0 Å². The van der Waals surface area contributed by atoms with E-state index in [-0.39, 0.29) is 23.0 Å². The quantitative estimate of drug-likeness (QED) is 0.884. The summed E-state index contributed by atoms with van der Waals surface area (Å²) in [5.41, 5.74) is -0.926. The van der Waals surface area contributed by atoms with Crippen LogP contribution in [0.5, 0.6) is 0 Å². The molecule has 0 bridgehead atoms. The van der Waals surface area contributed by atoms with E-state index in [0.29, 0.717) is 18.2 Å². The van der Waals surface area contributed by atoms with Crippen LogP contribution in [0.2, 0.25) is 0 Å². The molecule has 1 saturated heterocycles. The molecule has 1 aromatic heterocycles. The number of rotatable bonds is 3. The second-order valence-corrected chi connectivity index (χ2v) is 6.65. The molecule has 0 unspecified atom stereocenters. The van der Waals surface area contributed by atoms with E-state index in [1.807, 2.05) is 18.7 Å². The lowest BCUT2D eigenvalue weighted by Crippen LogP contribution is -2.42. The molecule has 0 spiro atoms. The van der Waals surface area contributed by atoms with Gasteiger partial charge in [-0.15, -0.1) is 0 Å². The minimum Gasteiger partial charge on any atom is -0.391 e. The molecule has 1 aliphatic rings. The van der Waals surface area contributed by atoms with Gasteiger partial charge in [-0.1, -0.05) is 6.92 Å². The summed E-state index contributed by atoms with van der Waals surface area (Å²) >= 11 is 0. The number of halogens is 3.